The van der Waals surface area contributed by atoms with E-state index < -0.39 is 0 Å². The third-order valence-corrected chi connectivity index (χ3v) is 6.36. The molecule has 0 aliphatic carbocycles. The molecule has 4 aromatic rings. The second-order valence-electron chi connectivity index (χ2n) is 8.82. The van der Waals surface area contributed by atoms with Crippen LogP contribution in [0.25, 0.3) is 11.0 Å². The number of fused-ring (bicyclic) bond motifs is 1. The lowest BCUT2D eigenvalue weighted by atomic mass is 10.0. The van der Waals surface area contributed by atoms with Crippen molar-refractivity contribution in [3.05, 3.63) is 95.3 Å². The first kappa shape index (κ1) is 21.4. The number of hydrogen-bond donors (Lipinski definition) is 2. The number of amides is 1. The van der Waals surface area contributed by atoms with Gasteiger partial charge < -0.3 is 15.2 Å². The summed E-state index contributed by atoms with van der Waals surface area (Å²) in [5, 5.41) is 4.15. The second kappa shape index (κ2) is 9.57. The smallest absolute Gasteiger partial charge is 0.255 e. The van der Waals surface area contributed by atoms with Gasteiger partial charge in [-0.25, -0.2) is 4.98 Å². The van der Waals surface area contributed by atoms with Gasteiger partial charge in [-0.1, -0.05) is 24.3 Å². The molecule has 0 atom stereocenters. The minimum Gasteiger partial charge on any atom is -0.346 e. The molecule has 1 amide bonds. The van der Waals surface area contributed by atoms with Gasteiger partial charge in [0.15, 0.2) is 0 Å². The van der Waals surface area contributed by atoms with Crippen LogP contribution in [-0.4, -0.2) is 58.9 Å². The first-order valence-corrected chi connectivity index (χ1v) is 11.5. The molecule has 2 N–H and O–H groups in total. The van der Waals surface area contributed by atoms with Gasteiger partial charge in [0.2, 0.25) is 0 Å². The Kier molecular flexibility index (Phi) is 6.19. The standard InChI is InChI=1S/C27H29N5O/c1-31-13-15-32(16-14-31)19-21-4-8-22(9-5-21)27(33)30-24-10-6-20(7-11-24)17-23-18-29-26-25(23)3-2-12-28-26/h2-12,18H,13-17,19H2,1H3,(H,28,29)(H,30,33). The van der Waals surface area contributed by atoms with E-state index in [1.807, 2.05) is 36.5 Å². The van der Waals surface area contributed by atoms with E-state index in [0.717, 1.165) is 55.9 Å². The van der Waals surface area contributed by atoms with Crippen LogP contribution in [0.4, 0.5) is 5.69 Å². The predicted molar refractivity (Wildman–Crippen MR) is 133 cm³/mol. The molecule has 0 bridgehead atoms. The fraction of sp³-hybridized carbons (Fsp3) is 0.259. The summed E-state index contributed by atoms with van der Waals surface area (Å²) in [5.74, 6) is -0.0865. The van der Waals surface area contributed by atoms with Crippen molar-refractivity contribution in [1.29, 1.82) is 0 Å². The molecular weight excluding hydrogens is 410 g/mol. The lowest BCUT2D eigenvalue weighted by Gasteiger charge is -2.32. The Bertz CT molecular complexity index is 1220. The SMILES string of the molecule is CN1CCN(Cc2ccc(C(=O)Nc3ccc(Cc4c[nH]c5ncccc45)cc3)cc2)CC1. The molecule has 6 nitrogen and oxygen atoms in total. The number of H-pyrrole nitrogens is 1. The molecular formula is C27H29N5O. The Morgan fingerprint density at radius 3 is 2.45 bits per heavy atom. The quantitative estimate of drug-likeness (QED) is 0.474. The summed E-state index contributed by atoms with van der Waals surface area (Å²) in [6.45, 7) is 5.33. The molecule has 2 aromatic heterocycles. The lowest BCUT2D eigenvalue weighted by Crippen LogP contribution is -2.43. The van der Waals surface area contributed by atoms with Crippen molar-refractivity contribution >= 4 is 22.6 Å². The summed E-state index contributed by atoms with van der Waals surface area (Å²) in [5.41, 5.74) is 6.02. The molecule has 1 fully saturated rings. The molecule has 33 heavy (non-hydrogen) atoms. The van der Waals surface area contributed by atoms with Gasteiger partial charge in [-0.3, -0.25) is 9.69 Å². The molecule has 0 saturated carbocycles. The predicted octanol–water partition coefficient (Wildman–Crippen LogP) is 4.15. The molecule has 3 heterocycles. The van der Waals surface area contributed by atoms with Gasteiger partial charge in [-0.15, -0.1) is 0 Å². The largest absolute Gasteiger partial charge is 0.346 e. The average Bonchev–Trinajstić information content (AvgIpc) is 3.25. The zero-order valence-corrected chi connectivity index (χ0v) is 18.9. The third-order valence-electron chi connectivity index (χ3n) is 6.36. The zero-order valence-electron chi connectivity index (χ0n) is 18.9. The number of carbonyl (C=O) groups excluding carboxylic acids is 1. The van der Waals surface area contributed by atoms with Crippen LogP contribution in [-0.2, 0) is 13.0 Å². The van der Waals surface area contributed by atoms with Crippen molar-refractivity contribution in [2.45, 2.75) is 13.0 Å². The van der Waals surface area contributed by atoms with Crippen molar-refractivity contribution in [1.82, 2.24) is 19.8 Å². The van der Waals surface area contributed by atoms with Gasteiger partial charge in [0.1, 0.15) is 5.65 Å². The van der Waals surface area contributed by atoms with Gasteiger partial charge >= 0.3 is 0 Å². The Morgan fingerprint density at radius 2 is 1.70 bits per heavy atom. The highest BCUT2D eigenvalue weighted by Gasteiger charge is 2.14. The van der Waals surface area contributed by atoms with Gasteiger partial charge in [-0.2, -0.15) is 0 Å². The number of aromatic nitrogens is 2. The number of anilines is 1. The lowest BCUT2D eigenvalue weighted by molar-refractivity contribution is 0.102. The average molecular weight is 440 g/mol. The molecule has 1 saturated heterocycles. The van der Waals surface area contributed by atoms with Crippen molar-refractivity contribution in [2.75, 3.05) is 38.5 Å². The van der Waals surface area contributed by atoms with E-state index in [1.165, 1.54) is 16.7 Å². The summed E-state index contributed by atoms with van der Waals surface area (Å²) < 4.78 is 0. The highest BCUT2D eigenvalue weighted by molar-refractivity contribution is 6.04. The fourth-order valence-electron chi connectivity index (χ4n) is 4.31. The molecule has 0 spiro atoms. The van der Waals surface area contributed by atoms with E-state index in [0.29, 0.717) is 5.56 Å². The minimum absolute atomic E-state index is 0.0865. The van der Waals surface area contributed by atoms with Crippen LogP contribution in [0, 0.1) is 0 Å². The Balaban J connectivity index is 1.17. The number of likely N-dealkylation sites (N-methyl/N-ethyl adjacent to an activating group) is 1. The fourth-order valence-corrected chi connectivity index (χ4v) is 4.31. The van der Waals surface area contributed by atoms with E-state index in [9.17, 15) is 4.79 Å². The number of aromatic amines is 1. The van der Waals surface area contributed by atoms with Crippen LogP contribution in [0.1, 0.15) is 27.0 Å². The summed E-state index contributed by atoms with van der Waals surface area (Å²) in [6.07, 6.45) is 4.62. The van der Waals surface area contributed by atoms with Crippen LogP contribution < -0.4 is 5.32 Å². The van der Waals surface area contributed by atoms with Crippen molar-refractivity contribution in [3.8, 4) is 0 Å². The summed E-state index contributed by atoms with van der Waals surface area (Å²) >= 11 is 0. The molecule has 168 valence electrons. The number of rotatable bonds is 6. The summed E-state index contributed by atoms with van der Waals surface area (Å²) in [4.78, 5) is 25.1. The van der Waals surface area contributed by atoms with Gasteiger partial charge in [0.25, 0.3) is 5.91 Å². The van der Waals surface area contributed by atoms with Crippen LogP contribution in [0.15, 0.2) is 73.1 Å². The Morgan fingerprint density at radius 1 is 0.970 bits per heavy atom. The number of nitrogens with one attached hydrogen (secondary N) is 2. The van der Waals surface area contributed by atoms with Crippen LogP contribution in [0.3, 0.4) is 0 Å². The van der Waals surface area contributed by atoms with Crippen LogP contribution in [0.2, 0.25) is 0 Å². The van der Waals surface area contributed by atoms with Crippen molar-refractivity contribution in [2.24, 2.45) is 0 Å². The summed E-state index contributed by atoms with van der Waals surface area (Å²) in [6, 6.07) is 20.0. The number of nitrogens with zero attached hydrogens (tertiary/aromatic N) is 3. The van der Waals surface area contributed by atoms with Gasteiger partial charge in [0.05, 0.1) is 0 Å². The monoisotopic (exact) mass is 439 g/mol. The first-order valence-electron chi connectivity index (χ1n) is 11.5. The maximum absolute atomic E-state index is 12.7. The van der Waals surface area contributed by atoms with E-state index in [4.69, 9.17) is 0 Å². The van der Waals surface area contributed by atoms with Gasteiger partial charge in [0, 0.05) is 61.8 Å². The highest BCUT2D eigenvalue weighted by atomic mass is 16.1. The van der Waals surface area contributed by atoms with Gasteiger partial charge in [-0.05, 0) is 66.6 Å². The number of piperazine rings is 1. The molecule has 0 radical (unpaired) electrons. The Hall–Kier alpha value is -3.48. The number of pyridine rings is 1. The number of benzene rings is 2. The van der Waals surface area contributed by atoms with Crippen molar-refractivity contribution < 1.29 is 4.79 Å². The molecule has 0 unspecified atom stereocenters. The highest BCUT2D eigenvalue weighted by Crippen LogP contribution is 2.21. The van der Waals surface area contributed by atoms with Crippen LogP contribution in [0.5, 0.6) is 0 Å². The van der Waals surface area contributed by atoms with Crippen LogP contribution >= 0.6 is 0 Å². The molecule has 5 rings (SSSR count). The molecule has 2 aromatic carbocycles. The maximum Gasteiger partial charge on any atom is 0.255 e. The summed E-state index contributed by atoms with van der Waals surface area (Å²) in [7, 11) is 2.17. The normalized spacial score (nSPS) is 15.1. The van der Waals surface area contributed by atoms with E-state index in [-0.39, 0.29) is 5.91 Å². The second-order valence-corrected chi connectivity index (χ2v) is 8.82. The third kappa shape index (κ3) is 5.13. The molecule has 6 heteroatoms. The molecule has 1 aliphatic heterocycles. The zero-order chi connectivity index (χ0) is 22.6. The van der Waals surface area contributed by atoms with E-state index >= 15 is 0 Å². The van der Waals surface area contributed by atoms with E-state index in [2.05, 4.69) is 62.5 Å². The number of carbonyl (C=O) groups is 1. The number of hydrogen-bond acceptors (Lipinski definition) is 4. The van der Waals surface area contributed by atoms with Crippen molar-refractivity contribution in [3.63, 3.8) is 0 Å². The maximum atomic E-state index is 12.7. The van der Waals surface area contributed by atoms with E-state index in [1.54, 1.807) is 6.20 Å². The first-order chi connectivity index (χ1) is 16.1. The Labute approximate surface area is 194 Å². The topological polar surface area (TPSA) is 64.3 Å². The molecule has 1 aliphatic rings. The minimum atomic E-state index is -0.0865.